The molecule has 0 saturated carbocycles. The molecule has 1 unspecified atom stereocenters. The van der Waals surface area contributed by atoms with Gasteiger partial charge in [0.15, 0.2) is 17.3 Å². The van der Waals surface area contributed by atoms with E-state index in [1.54, 1.807) is 32.4 Å². The molecule has 0 aromatic heterocycles. The quantitative estimate of drug-likeness (QED) is 0.769. The monoisotopic (exact) mass is 279 g/mol. The Kier molecular flexibility index (Phi) is 5.38. The summed E-state index contributed by atoms with van der Waals surface area (Å²) in [5, 5.41) is 3.15. The molecule has 1 saturated heterocycles. The van der Waals surface area contributed by atoms with Crippen molar-refractivity contribution in [1.29, 1.82) is 0 Å². The van der Waals surface area contributed by atoms with Crippen LogP contribution in [-0.4, -0.2) is 45.8 Å². The second-order valence-electron chi connectivity index (χ2n) is 4.76. The van der Waals surface area contributed by atoms with Gasteiger partial charge in [-0.15, -0.1) is 0 Å². The average Bonchev–Trinajstić information content (AvgIpc) is 2.99. The van der Waals surface area contributed by atoms with Gasteiger partial charge < -0.3 is 19.5 Å². The van der Waals surface area contributed by atoms with Crippen LogP contribution in [0.15, 0.2) is 18.2 Å². The number of benzene rings is 1. The van der Waals surface area contributed by atoms with Crippen molar-refractivity contribution in [2.75, 3.05) is 33.9 Å². The maximum Gasteiger partial charge on any atom is 0.176 e. The van der Waals surface area contributed by atoms with Gasteiger partial charge in [0.2, 0.25) is 0 Å². The van der Waals surface area contributed by atoms with Gasteiger partial charge in [0.05, 0.1) is 26.9 Å². The van der Waals surface area contributed by atoms with Gasteiger partial charge in [-0.2, -0.15) is 0 Å². The summed E-state index contributed by atoms with van der Waals surface area (Å²) >= 11 is 0. The van der Waals surface area contributed by atoms with E-state index in [4.69, 9.17) is 14.2 Å². The van der Waals surface area contributed by atoms with Crippen LogP contribution in [0.25, 0.3) is 0 Å². The zero-order valence-electron chi connectivity index (χ0n) is 12.0. The summed E-state index contributed by atoms with van der Waals surface area (Å²) in [5.41, 5.74) is 0.613. The zero-order chi connectivity index (χ0) is 14.4. The maximum absolute atomic E-state index is 12.1. The lowest BCUT2D eigenvalue weighted by atomic mass is 10.1. The first kappa shape index (κ1) is 14.8. The predicted octanol–water partition coefficient (Wildman–Crippen LogP) is 1.66. The molecule has 5 heteroatoms. The molecule has 0 amide bonds. The van der Waals surface area contributed by atoms with Gasteiger partial charge in [-0.3, -0.25) is 4.79 Å². The Morgan fingerprint density at radius 1 is 1.35 bits per heavy atom. The van der Waals surface area contributed by atoms with E-state index in [9.17, 15) is 4.79 Å². The lowest BCUT2D eigenvalue weighted by Crippen LogP contribution is -2.30. The number of rotatable bonds is 7. The fourth-order valence-corrected chi connectivity index (χ4v) is 2.26. The van der Waals surface area contributed by atoms with Crippen LogP contribution in [0.2, 0.25) is 0 Å². The van der Waals surface area contributed by atoms with Gasteiger partial charge in [0.25, 0.3) is 0 Å². The number of ketones is 1. The molecular formula is C15H21NO4. The standard InChI is InChI=1S/C15H21NO4/c1-18-14-6-5-11(8-15(14)19-2)13(17)10-16-9-12-4-3-7-20-12/h5-6,8,12,16H,3-4,7,9-10H2,1-2H3. The molecule has 1 heterocycles. The summed E-state index contributed by atoms with van der Waals surface area (Å²) in [6.07, 6.45) is 2.42. The number of methoxy groups -OCH3 is 2. The van der Waals surface area contributed by atoms with Gasteiger partial charge >= 0.3 is 0 Å². The van der Waals surface area contributed by atoms with Crippen LogP contribution in [0.4, 0.5) is 0 Å². The first-order chi connectivity index (χ1) is 9.74. The minimum absolute atomic E-state index is 0.0314. The molecule has 1 aliphatic rings. The lowest BCUT2D eigenvalue weighted by molar-refractivity contribution is 0.0955. The number of carbonyl (C=O) groups excluding carboxylic acids is 1. The first-order valence-corrected chi connectivity index (χ1v) is 6.82. The molecule has 20 heavy (non-hydrogen) atoms. The minimum Gasteiger partial charge on any atom is -0.493 e. The van der Waals surface area contributed by atoms with Crippen LogP contribution in [0.3, 0.4) is 0 Å². The number of carbonyl (C=O) groups is 1. The van der Waals surface area contributed by atoms with Gasteiger partial charge in [0.1, 0.15) is 0 Å². The number of ether oxygens (including phenoxy) is 3. The van der Waals surface area contributed by atoms with Crippen molar-refractivity contribution < 1.29 is 19.0 Å². The normalized spacial score (nSPS) is 18.0. The molecule has 1 aromatic rings. The van der Waals surface area contributed by atoms with E-state index < -0.39 is 0 Å². The van der Waals surface area contributed by atoms with E-state index in [0.717, 1.165) is 26.0 Å². The van der Waals surface area contributed by atoms with Crippen LogP contribution in [-0.2, 0) is 4.74 Å². The third kappa shape index (κ3) is 3.71. The summed E-state index contributed by atoms with van der Waals surface area (Å²) in [6, 6.07) is 5.19. The van der Waals surface area contributed by atoms with Crippen molar-refractivity contribution in [2.24, 2.45) is 0 Å². The zero-order valence-corrected chi connectivity index (χ0v) is 12.0. The molecule has 5 nitrogen and oxygen atoms in total. The van der Waals surface area contributed by atoms with Gasteiger partial charge in [-0.1, -0.05) is 0 Å². The van der Waals surface area contributed by atoms with Gasteiger partial charge in [0, 0.05) is 18.7 Å². The van der Waals surface area contributed by atoms with E-state index in [1.165, 1.54) is 0 Å². The smallest absolute Gasteiger partial charge is 0.176 e. The highest BCUT2D eigenvalue weighted by Gasteiger charge is 2.16. The van der Waals surface area contributed by atoms with Crippen LogP contribution < -0.4 is 14.8 Å². The predicted molar refractivity (Wildman–Crippen MR) is 75.7 cm³/mol. The first-order valence-electron chi connectivity index (χ1n) is 6.82. The number of hydrogen-bond acceptors (Lipinski definition) is 5. The van der Waals surface area contributed by atoms with Crippen molar-refractivity contribution in [3.8, 4) is 11.5 Å². The molecule has 0 aliphatic carbocycles. The Bertz CT molecular complexity index is 455. The fraction of sp³-hybridized carbons (Fsp3) is 0.533. The molecule has 2 rings (SSSR count). The highest BCUT2D eigenvalue weighted by Crippen LogP contribution is 2.27. The average molecular weight is 279 g/mol. The van der Waals surface area contributed by atoms with E-state index in [1.807, 2.05) is 0 Å². The van der Waals surface area contributed by atoms with Crippen molar-refractivity contribution in [2.45, 2.75) is 18.9 Å². The van der Waals surface area contributed by atoms with Gasteiger partial charge in [-0.05, 0) is 31.0 Å². The Hall–Kier alpha value is -1.59. The molecule has 1 aromatic carbocycles. The fourth-order valence-electron chi connectivity index (χ4n) is 2.26. The molecule has 1 N–H and O–H groups in total. The van der Waals surface area contributed by atoms with Gasteiger partial charge in [-0.25, -0.2) is 0 Å². The molecular weight excluding hydrogens is 258 g/mol. The Balaban J connectivity index is 1.88. The highest BCUT2D eigenvalue weighted by molar-refractivity contribution is 5.98. The van der Waals surface area contributed by atoms with Crippen molar-refractivity contribution in [1.82, 2.24) is 5.32 Å². The van der Waals surface area contributed by atoms with Crippen molar-refractivity contribution in [3.63, 3.8) is 0 Å². The third-order valence-electron chi connectivity index (χ3n) is 3.39. The van der Waals surface area contributed by atoms with E-state index in [2.05, 4.69) is 5.32 Å². The van der Waals surface area contributed by atoms with Crippen LogP contribution in [0.1, 0.15) is 23.2 Å². The molecule has 0 spiro atoms. The molecule has 110 valence electrons. The second kappa shape index (κ2) is 7.26. The van der Waals surface area contributed by atoms with E-state index in [0.29, 0.717) is 23.6 Å². The topological polar surface area (TPSA) is 56.8 Å². The maximum atomic E-state index is 12.1. The highest BCUT2D eigenvalue weighted by atomic mass is 16.5. The third-order valence-corrected chi connectivity index (χ3v) is 3.39. The second-order valence-corrected chi connectivity index (χ2v) is 4.76. The number of hydrogen-bond donors (Lipinski definition) is 1. The van der Waals surface area contributed by atoms with Crippen molar-refractivity contribution in [3.05, 3.63) is 23.8 Å². The van der Waals surface area contributed by atoms with E-state index in [-0.39, 0.29) is 11.9 Å². The van der Waals surface area contributed by atoms with E-state index >= 15 is 0 Å². The molecule has 1 aliphatic heterocycles. The minimum atomic E-state index is 0.0314. The largest absolute Gasteiger partial charge is 0.493 e. The lowest BCUT2D eigenvalue weighted by Gasteiger charge is -2.11. The molecule has 0 bridgehead atoms. The number of Topliss-reactive ketones (excluding diaryl/α,β-unsaturated/α-hetero) is 1. The summed E-state index contributed by atoms with van der Waals surface area (Å²) in [4.78, 5) is 12.1. The Morgan fingerprint density at radius 2 is 2.15 bits per heavy atom. The summed E-state index contributed by atoms with van der Waals surface area (Å²) in [5.74, 6) is 1.22. The van der Waals surface area contributed by atoms with Crippen LogP contribution >= 0.6 is 0 Å². The summed E-state index contributed by atoms with van der Waals surface area (Å²) in [7, 11) is 3.13. The summed E-state index contributed by atoms with van der Waals surface area (Å²) < 4.78 is 15.8. The number of nitrogens with one attached hydrogen (secondary N) is 1. The Morgan fingerprint density at radius 3 is 2.80 bits per heavy atom. The SMILES string of the molecule is COc1ccc(C(=O)CNCC2CCCO2)cc1OC. The Labute approximate surface area is 119 Å². The molecule has 0 radical (unpaired) electrons. The van der Waals surface area contributed by atoms with Crippen LogP contribution in [0.5, 0.6) is 11.5 Å². The van der Waals surface area contributed by atoms with Crippen molar-refractivity contribution >= 4 is 5.78 Å². The molecule has 1 fully saturated rings. The summed E-state index contributed by atoms with van der Waals surface area (Å²) in [6.45, 7) is 1.85. The molecule has 1 atom stereocenters. The van der Waals surface area contributed by atoms with Crippen LogP contribution in [0, 0.1) is 0 Å².